The van der Waals surface area contributed by atoms with Gasteiger partial charge in [0.05, 0.1) is 21.1 Å². The van der Waals surface area contributed by atoms with Crippen LogP contribution in [0.15, 0.2) is 0 Å². The Bertz CT molecular complexity index is 237. The number of likely N-dealkylation sites (N-methyl/N-ethyl adjacent to an activating group) is 1. The summed E-state index contributed by atoms with van der Waals surface area (Å²) < 4.78 is 10.5. The van der Waals surface area contributed by atoms with Gasteiger partial charge in [-0.05, 0) is 0 Å². The fourth-order valence-electron chi connectivity index (χ4n) is 1.18. The monoisotopic (exact) mass is 345 g/mol. The molecule has 0 aliphatic rings. The summed E-state index contributed by atoms with van der Waals surface area (Å²) in [4.78, 5) is 21.4. The first-order chi connectivity index (χ1) is 6.70. The van der Waals surface area contributed by atoms with E-state index >= 15 is 0 Å². The molecule has 0 aliphatic heterocycles. The smallest absolute Gasteiger partial charge is 0.303 e. The maximum Gasteiger partial charge on any atom is 0.303 e. The highest BCUT2D eigenvalue weighted by molar-refractivity contribution is 5.67. The van der Waals surface area contributed by atoms with Crippen molar-refractivity contribution in [1.29, 1.82) is 0 Å². The molecule has 0 aromatic rings. The maximum atomic E-state index is 10.8. The zero-order chi connectivity index (χ0) is 12.1. The third-order valence-electron chi connectivity index (χ3n) is 1.56. The highest BCUT2D eigenvalue weighted by atomic mass is 127. The zero-order valence-corrected chi connectivity index (χ0v) is 12.6. The van der Waals surface area contributed by atoms with E-state index in [9.17, 15) is 9.59 Å². The third kappa shape index (κ3) is 11.7. The molecule has 0 aliphatic carbocycles. The van der Waals surface area contributed by atoms with Crippen molar-refractivity contribution in [3.63, 3.8) is 0 Å². The fraction of sp³-hybridized carbons (Fsp3) is 0.800. The Morgan fingerprint density at radius 2 is 1.62 bits per heavy atom. The standard InChI is InChI=1S/C10H20NO4.HI/c1-8(12)14-7-10(15-9(2)13)6-11(3,4)5;/h10H,6-7H2,1-5H3;1H/q+1;/p-1. The summed E-state index contributed by atoms with van der Waals surface area (Å²) in [6.45, 7) is 3.39. The van der Waals surface area contributed by atoms with Gasteiger partial charge in [-0.25, -0.2) is 0 Å². The second-order valence-electron chi connectivity index (χ2n) is 4.51. The number of carbonyl (C=O) groups is 2. The molecule has 16 heavy (non-hydrogen) atoms. The van der Waals surface area contributed by atoms with Crippen molar-refractivity contribution < 1.29 is 47.5 Å². The Morgan fingerprint density at radius 1 is 1.12 bits per heavy atom. The number of hydrogen-bond donors (Lipinski definition) is 0. The van der Waals surface area contributed by atoms with Crippen LogP contribution >= 0.6 is 0 Å². The van der Waals surface area contributed by atoms with Crippen LogP contribution in [0.3, 0.4) is 0 Å². The summed E-state index contributed by atoms with van der Waals surface area (Å²) in [5.41, 5.74) is 0. The number of hydrogen-bond acceptors (Lipinski definition) is 4. The molecule has 0 aromatic heterocycles. The van der Waals surface area contributed by atoms with Crippen molar-refractivity contribution in [2.45, 2.75) is 20.0 Å². The molecule has 0 N–H and O–H groups in total. The van der Waals surface area contributed by atoms with Crippen molar-refractivity contribution in [3.8, 4) is 0 Å². The van der Waals surface area contributed by atoms with Crippen molar-refractivity contribution in [3.05, 3.63) is 0 Å². The van der Waals surface area contributed by atoms with Crippen molar-refractivity contribution in [1.82, 2.24) is 0 Å². The predicted molar refractivity (Wildman–Crippen MR) is 55.1 cm³/mol. The molecule has 0 aromatic carbocycles. The number of rotatable bonds is 5. The van der Waals surface area contributed by atoms with E-state index in [2.05, 4.69) is 0 Å². The van der Waals surface area contributed by atoms with E-state index in [1.54, 1.807) is 0 Å². The van der Waals surface area contributed by atoms with Crippen LogP contribution in [0.1, 0.15) is 13.8 Å². The minimum atomic E-state index is -0.383. The molecule has 0 saturated carbocycles. The van der Waals surface area contributed by atoms with E-state index in [-0.39, 0.29) is 48.6 Å². The molecule has 0 radical (unpaired) electrons. The first-order valence-corrected chi connectivity index (χ1v) is 4.82. The summed E-state index contributed by atoms with van der Waals surface area (Å²) in [7, 11) is 5.93. The lowest BCUT2D eigenvalue weighted by Crippen LogP contribution is -3.00. The van der Waals surface area contributed by atoms with Crippen LogP contribution in [0.5, 0.6) is 0 Å². The minimum absolute atomic E-state index is 0. The van der Waals surface area contributed by atoms with Gasteiger partial charge in [0.15, 0.2) is 6.10 Å². The van der Waals surface area contributed by atoms with Crippen LogP contribution in [0.25, 0.3) is 0 Å². The quantitative estimate of drug-likeness (QED) is 0.307. The normalized spacial score (nSPS) is 12.3. The van der Waals surface area contributed by atoms with Gasteiger partial charge in [-0.2, -0.15) is 0 Å². The highest BCUT2D eigenvalue weighted by Crippen LogP contribution is 2.01. The summed E-state index contributed by atoms with van der Waals surface area (Å²) in [6.07, 6.45) is -0.383. The molecule has 1 unspecified atom stereocenters. The van der Waals surface area contributed by atoms with Gasteiger partial charge in [0.1, 0.15) is 13.2 Å². The molecule has 0 spiro atoms. The van der Waals surface area contributed by atoms with Gasteiger partial charge in [-0.1, -0.05) is 0 Å². The molecule has 0 fully saturated rings. The number of ether oxygens (including phenoxy) is 2. The lowest BCUT2D eigenvalue weighted by atomic mass is 10.3. The van der Waals surface area contributed by atoms with Gasteiger partial charge in [0, 0.05) is 13.8 Å². The van der Waals surface area contributed by atoms with E-state index in [1.807, 2.05) is 21.1 Å². The van der Waals surface area contributed by atoms with Crippen molar-refractivity contribution >= 4 is 11.9 Å². The molecule has 0 saturated heterocycles. The predicted octanol–water partition coefficient (Wildman–Crippen LogP) is -2.81. The second kappa shape index (κ2) is 7.83. The molecule has 0 bridgehead atoms. The molecule has 6 heteroatoms. The molecule has 0 amide bonds. The average molecular weight is 345 g/mol. The SMILES string of the molecule is CC(=O)OCC(C[N+](C)(C)C)OC(C)=O.[I-]. The van der Waals surface area contributed by atoms with Crippen molar-refractivity contribution in [2.24, 2.45) is 0 Å². The fourth-order valence-corrected chi connectivity index (χ4v) is 1.18. The topological polar surface area (TPSA) is 52.6 Å². The summed E-state index contributed by atoms with van der Waals surface area (Å²) in [5.74, 6) is -0.728. The van der Waals surface area contributed by atoms with Gasteiger partial charge in [0.25, 0.3) is 0 Å². The Hall–Kier alpha value is -0.370. The molecule has 5 nitrogen and oxygen atoms in total. The lowest BCUT2D eigenvalue weighted by molar-refractivity contribution is -0.873. The largest absolute Gasteiger partial charge is 1.00 e. The Morgan fingerprint density at radius 3 is 1.94 bits per heavy atom. The van der Waals surface area contributed by atoms with Crippen molar-refractivity contribution in [2.75, 3.05) is 34.3 Å². The first kappa shape index (κ1) is 18.0. The molecule has 1 atom stereocenters. The molecule has 96 valence electrons. The van der Waals surface area contributed by atoms with Crippen LogP contribution in [-0.2, 0) is 19.1 Å². The Balaban J connectivity index is 0. The van der Waals surface area contributed by atoms with Gasteiger partial charge in [-0.15, -0.1) is 0 Å². The first-order valence-electron chi connectivity index (χ1n) is 4.82. The van der Waals surface area contributed by atoms with Gasteiger partial charge in [-0.3, -0.25) is 9.59 Å². The lowest BCUT2D eigenvalue weighted by Gasteiger charge is -2.28. The zero-order valence-electron chi connectivity index (χ0n) is 10.4. The van der Waals surface area contributed by atoms with Crippen LogP contribution in [0.4, 0.5) is 0 Å². The molecular weight excluding hydrogens is 325 g/mol. The summed E-state index contributed by atoms with van der Waals surface area (Å²) in [5, 5.41) is 0. The Kier molecular flexibility index (Phi) is 8.81. The van der Waals surface area contributed by atoms with Gasteiger partial charge in [0.2, 0.25) is 0 Å². The van der Waals surface area contributed by atoms with Gasteiger partial charge < -0.3 is 37.9 Å². The van der Waals surface area contributed by atoms with E-state index < -0.39 is 0 Å². The number of halogens is 1. The summed E-state index contributed by atoms with van der Waals surface area (Å²) in [6, 6.07) is 0. The van der Waals surface area contributed by atoms with E-state index in [4.69, 9.17) is 9.47 Å². The number of quaternary nitrogens is 1. The number of esters is 2. The van der Waals surface area contributed by atoms with Crippen LogP contribution < -0.4 is 24.0 Å². The maximum absolute atomic E-state index is 10.8. The number of carbonyl (C=O) groups excluding carboxylic acids is 2. The third-order valence-corrected chi connectivity index (χ3v) is 1.56. The molecule has 0 heterocycles. The van der Waals surface area contributed by atoms with E-state index in [0.29, 0.717) is 11.0 Å². The molecular formula is C10H20INO4. The van der Waals surface area contributed by atoms with Gasteiger partial charge >= 0.3 is 11.9 Å². The van der Waals surface area contributed by atoms with Crippen LogP contribution in [0, 0.1) is 0 Å². The second-order valence-corrected chi connectivity index (χ2v) is 4.51. The highest BCUT2D eigenvalue weighted by Gasteiger charge is 2.21. The minimum Gasteiger partial charge on any atom is -1.00 e. The van der Waals surface area contributed by atoms with E-state index in [1.165, 1.54) is 13.8 Å². The Labute approximate surface area is 114 Å². The van der Waals surface area contributed by atoms with Crippen LogP contribution in [-0.4, -0.2) is 56.8 Å². The van der Waals surface area contributed by atoms with E-state index in [0.717, 1.165) is 0 Å². The average Bonchev–Trinajstić information content (AvgIpc) is 1.95. The molecule has 0 rings (SSSR count). The number of nitrogens with zero attached hydrogens (tertiary/aromatic N) is 1. The summed E-state index contributed by atoms with van der Waals surface area (Å²) >= 11 is 0. The van der Waals surface area contributed by atoms with Crippen LogP contribution in [0.2, 0.25) is 0 Å².